The van der Waals surface area contributed by atoms with Crippen LogP contribution in [0.3, 0.4) is 0 Å². The van der Waals surface area contributed by atoms with Gasteiger partial charge < -0.3 is 10.1 Å². The molecule has 0 heterocycles. The minimum Gasteiger partial charge on any atom is -0.383 e. The molecule has 0 aromatic heterocycles. The molecule has 1 rings (SSSR count). The van der Waals surface area contributed by atoms with Gasteiger partial charge in [0.05, 0.1) is 6.61 Å². The summed E-state index contributed by atoms with van der Waals surface area (Å²) in [4.78, 5) is 22.0. The van der Waals surface area contributed by atoms with E-state index < -0.39 is 6.03 Å². The van der Waals surface area contributed by atoms with E-state index in [0.29, 0.717) is 13.2 Å². The van der Waals surface area contributed by atoms with Crippen LogP contribution in [0, 0.1) is 5.92 Å². The molecule has 1 saturated carbocycles. The minimum atomic E-state index is -0.436. The zero-order chi connectivity index (χ0) is 9.68. The van der Waals surface area contributed by atoms with Crippen LogP contribution in [-0.4, -0.2) is 32.2 Å². The van der Waals surface area contributed by atoms with Crippen molar-refractivity contribution >= 4 is 11.9 Å². The van der Waals surface area contributed by atoms with Gasteiger partial charge >= 0.3 is 6.03 Å². The summed E-state index contributed by atoms with van der Waals surface area (Å²) < 4.78 is 4.73. The fourth-order valence-corrected chi connectivity index (χ4v) is 0.870. The Morgan fingerprint density at radius 2 is 2.15 bits per heavy atom. The molecule has 74 valence electrons. The summed E-state index contributed by atoms with van der Waals surface area (Å²) in [6.45, 7) is 0.866. The van der Waals surface area contributed by atoms with Crippen LogP contribution >= 0.6 is 0 Å². The predicted octanol–water partition coefficient (Wildman–Crippen LogP) is -0.131. The number of hydrogen-bond donors (Lipinski definition) is 2. The van der Waals surface area contributed by atoms with Crippen LogP contribution in [-0.2, 0) is 9.53 Å². The summed E-state index contributed by atoms with van der Waals surface area (Å²) in [7, 11) is 1.55. The molecule has 1 fully saturated rings. The van der Waals surface area contributed by atoms with Crippen molar-refractivity contribution in [2.45, 2.75) is 12.8 Å². The number of urea groups is 1. The molecule has 5 heteroatoms. The molecular formula is C8H14N2O3. The van der Waals surface area contributed by atoms with Crippen LogP contribution in [0.5, 0.6) is 0 Å². The van der Waals surface area contributed by atoms with Gasteiger partial charge in [0.25, 0.3) is 0 Å². The molecule has 13 heavy (non-hydrogen) atoms. The van der Waals surface area contributed by atoms with Crippen molar-refractivity contribution in [2.24, 2.45) is 5.92 Å². The second kappa shape index (κ2) is 4.81. The molecule has 0 saturated heterocycles. The van der Waals surface area contributed by atoms with Crippen molar-refractivity contribution in [1.29, 1.82) is 0 Å². The van der Waals surface area contributed by atoms with Gasteiger partial charge in [0.15, 0.2) is 0 Å². The van der Waals surface area contributed by atoms with Gasteiger partial charge in [0.1, 0.15) is 0 Å². The first-order chi connectivity index (χ1) is 6.24. The SMILES string of the molecule is COCCNC(=O)NC(=O)C1CC1. The van der Waals surface area contributed by atoms with Crippen LogP contribution in [0.15, 0.2) is 0 Å². The van der Waals surface area contributed by atoms with Gasteiger partial charge in [-0.3, -0.25) is 10.1 Å². The number of amides is 3. The standard InChI is InChI=1S/C8H14N2O3/c1-13-5-4-9-8(12)10-7(11)6-2-3-6/h6H,2-5H2,1H3,(H2,9,10,11,12). The fourth-order valence-electron chi connectivity index (χ4n) is 0.870. The molecule has 0 radical (unpaired) electrons. The molecule has 0 spiro atoms. The third-order valence-corrected chi connectivity index (χ3v) is 1.78. The van der Waals surface area contributed by atoms with E-state index in [1.54, 1.807) is 7.11 Å². The highest BCUT2D eigenvalue weighted by Gasteiger charge is 2.30. The van der Waals surface area contributed by atoms with Crippen molar-refractivity contribution in [3.05, 3.63) is 0 Å². The Hall–Kier alpha value is -1.10. The van der Waals surface area contributed by atoms with Crippen LogP contribution in [0.2, 0.25) is 0 Å². The van der Waals surface area contributed by atoms with Crippen molar-refractivity contribution < 1.29 is 14.3 Å². The molecule has 0 atom stereocenters. The van der Waals surface area contributed by atoms with Crippen LogP contribution in [0.1, 0.15) is 12.8 Å². The first-order valence-electron chi connectivity index (χ1n) is 4.31. The van der Waals surface area contributed by atoms with Gasteiger partial charge in [-0.15, -0.1) is 0 Å². The number of rotatable bonds is 4. The lowest BCUT2D eigenvalue weighted by Crippen LogP contribution is -2.41. The largest absolute Gasteiger partial charge is 0.383 e. The van der Waals surface area contributed by atoms with Gasteiger partial charge in [0, 0.05) is 19.6 Å². The molecule has 5 nitrogen and oxygen atoms in total. The lowest BCUT2D eigenvalue weighted by molar-refractivity contribution is -0.121. The summed E-state index contributed by atoms with van der Waals surface area (Å²) >= 11 is 0. The Kier molecular flexibility index (Phi) is 3.70. The highest BCUT2D eigenvalue weighted by atomic mass is 16.5. The number of methoxy groups -OCH3 is 1. The topological polar surface area (TPSA) is 67.4 Å². The Labute approximate surface area is 76.8 Å². The quantitative estimate of drug-likeness (QED) is 0.601. The molecule has 2 N–H and O–H groups in total. The van der Waals surface area contributed by atoms with Crippen LogP contribution < -0.4 is 10.6 Å². The zero-order valence-electron chi connectivity index (χ0n) is 7.63. The summed E-state index contributed by atoms with van der Waals surface area (Å²) in [5, 5.41) is 4.76. The third-order valence-electron chi connectivity index (χ3n) is 1.78. The minimum absolute atomic E-state index is 0.0631. The Balaban J connectivity index is 2.06. The summed E-state index contributed by atoms with van der Waals surface area (Å²) in [5.41, 5.74) is 0. The summed E-state index contributed by atoms with van der Waals surface area (Å²) in [6, 6.07) is -0.436. The lowest BCUT2D eigenvalue weighted by Gasteiger charge is -2.04. The predicted molar refractivity (Wildman–Crippen MR) is 46.1 cm³/mol. The average molecular weight is 186 g/mol. The Morgan fingerprint density at radius 3 is 2.69 bits per heavy atom. The number of carbonyl (C=O) groups is 2. The molecule has 0 aromatic rings. The molecule has 0 aliphatic heterocycles. The van der Waals surface area contributed by atoms with Gasteiger partial charge in [-0.05, 0) is 12.8 Å². The van der Waals surface area contributed by atoms with E-state index in [-0.39, 0.29) is 11.8 Å². The van der Waals surface area contributed by atoms with Gasteiger partial charge in [-0.2, -0.15) is 0 Å². The Morgan fingerprint density at radius 1 is 1.46 bits per heavy atom. The molecular weight excluding hydrogens is 172 g/mol. The first-order valence-corrected chi connectivity index (χ1v) is 4.31. The van der Waals surface area contributed by atoms with Gasteiger partial charge in [-0.25, -0.2) is 4.79 Å². The molecule has 0 aromatic carbocycles. The van der Waals surface area contributed by atoms with E-state index in [9.17, 15) is 9.59 Å². The fraction of sp³-hybridized carbons (Fsp3) is 0.750. The molecule has 0 bridgehead atoms. The smallest absolute Gasteiger partial charge is 0.321 e. The second-order valence-electron chi connectivity index (χ2n) is 3.01. The highest BCUT2D eigenvalue weighted by molar-refractivity contribution is 5.96. The van der Waals surface area contributed by atoms with Gasteiger partial charge in [0.2, 0.25) is 5.91 Å². The van der Waals surface area contributed by atoms with Crippen molar-refractivity contribution in [2.75, 3.05) is 20.3 Å². The summed E-state index contributed by atoms with van der Waals surface area (Å²) in [6.07, 6.45) is 1.80. The molecule has 3 amide bonds. The number of hydrogen-bond acceptors (Lipinski definition) is 3. The van der Waals surface area contributed by atoms with E-state index in [4.69, 9.17) is 4.74 Å². The number of ether oxygens (including phenoxy) is 1. The van der Waals surface area contributed by atoms with E-state index in [1.807, 2.05) is 0 Å². The monoisotopic (exact) mass is 186 g/mol. The molecule has 1 aliphatic rings. The van der Waals surface area contributed by atoms with Gasteiger partial charge in [-0.1, -0.05) is 0 Å². The second-order valence-corrected chi connectivity index (χ2v) is 3.01. The normalized spacial score (nSPS) is 15.2. The molecule has 0 unspecified atom stereocenters. The zero-order valence-corrected chi connectivity index (χ0v) is 7.63. The van der Waals surface area contributed by atoms with Crippen molar-refractivity contribution in [3.8, 4) is 0 Å². The number of carbonyl (C=O) groups excluding carboxylic acids is 2. The van der Waals surface area contributed by atoms with Crippen molar-refractivity contribution in [1.82, 2.24) is 10.6 Å². The van der Waals surface area contributed by atoms with E-state index in [1.165, 1.54) is 0 Å². The lowest BCUT2D eigenvalue weighted by atomic mass is 10.4. The van der Waals surface area contributed by atoms with E-state index in [2.05, 4.69) is 10.6 Å². The number of imide groups is 1. The van der Waals surface area contributed by atoms with Crippen molar-refractivity contribution in [3.63, 3.8) is 0 Å². The van der Waals surface area contributed by atoms with E-state index in [0.717, 1.165) is 12.8 Å². The average Bonchev–Trinajstić information content (AvgIpc) is 2.86. The maximum absolute atomic E-state index is 11.0. The number of nitrogens with one attached hydrogen (secondary N) is 2. The summed E-state index contributed by atoms with van der Waals surface area (Å²) in [5.74, 6) is -0.108. The first kappa shape index (κ1) is 9.98. The maximum atomic E-state index is 11.0. The molecule has 1 aliphatic carbocycles. The van der Waals surface area contributed by atoms with Crippen LogP contribution in [0.25, 0.3) is 0 Å². The van der Waals surface area contributed by atoms with Crippen LogP contribution in [0.4, 0.5) is 4.79 Å². The Bertz CT molecular complexity index is 202. The van der Waals surface area contributed by atoms with E-state index >= 15 is 0 Å². The highest BCUT2D eigenvalue weighted by Crippen LogP contribution is 2.28. The maximum Gasteiger partial charge on any atom is 0.321 e. The third kappa shape index (κ3) is 3.89.